The SMILES string of the molecule is CCCOc1cccc(C(=O)N(C)CC2CC(Cl)C2)c1. The number of nitrogens with zero attached hydrogens (tertiary/aromatic N) is 1. The number of ether oxygens (including phenoxy) is 1. The fourth-order valence-corrected chi connectivity index (χ4v) is 2.94. The van der Waals surface area contributed by atoms with Crippen molar-refractivity contribution in [1.82, 2.24) is 4.90 Å². The molecule has 1 aliphatic carbocycles. The third-order valence-corrected chi connectivity index (χ3v) is 3.97. The van der Waals surface area contributed by atoms with Crippen molar-refractivity contribution in [3.05, 3.63) is 29.8 Å². The lowest BCUT2D eigenvalue weighted by Gasteiger charge is -2.34. The molecular weight excluding hydrogens is 274 g/mol. The zero-order valence-electron chi connectivity index (χ0n) is 12.1. The smallest absolute Gasteiger partial charge is 0.253 e. The quantitative estimate of drug-likeness (QED) is 0.751. The molecule has 0 aliphatic heterocycles. The highest BCUT2D eigenvalue weighted by atomic mass is 35.5. The van der Waals surface area contributed by atoms with Crippen LogP contribution in [-0.4, -0.2) is 36.4 Å². The van der Waals surface area contributed by atoms with Gasteiger partial charge in [0.15, 0.2) is 0 Å². The number of hydrogen-bond acceptors (Lipinski definition) is 2. The lowest BCUT2D eigenvalue weighted by atomic mass is 9.84. The summed E-state index contributed by atoms with van der Waals surface area (Å²) in [6.45, 7) is 3.51. The van der Waals surface area contributed by atoms with E-state index in [0.717, 1.165) is 31.6 Å². The van der Waals surface area contributed by atoms with Crippen LogP contribution in [0.1, 0.15) is 36.5 Å². The Bertz CT molecular complexity index is 458. The molecule has 20 heavy (non-hydrogen) atoms. The number of halogens is 1. The van der Waals surface area contributed by atoms with Gasteiger partial charge in [0.2, 0.25) is 0 Å². The van der Waals surface area contributed by atoms with E-state index in [4.69, 9.17) is 16.3 Å². The predicted molar refractivity (Wildman–Crippen MR) is 81.6 cm³/mol. The molecule has 0 atom stereocenters. The highest BCUT2D eigenvalue weighted by Gasteiger charge is 2.29. The first-order valence-electron chi connectivity index (χ1n) is 7.22. The maximum absolute atomic E-state index is 12.4. The minimum atomic E-state index is 0.0463. The lowest BCUT2D eigenvalue weighted by molar-refractivity contribution is 0.0746. The van der Waals surface area contributed by atoms with Crippen molar-refractivity contribution >= 4 is 17.5 Å². The van der Waals surface area contributed by atoms with Crippen LogP contribution in [0.15, 0.2) is 24.3 Å². The summed E-state index contributed by atoms with van der Waals surface area (Å²) in [6.07, 6.45) is 2.98. The molecule has 0 radical (unpaired) electrons. The average molecular weight is 296 g/mol. The number of carbonyl (C=O) groups excluding carboxylic acids is 1. The molecule has 0 unspecified atom stereocenters. The fraction of sp³-hybridized carbons (Fsp3) is 0.562. The van der Waals surface area contributed by atoms with Gasteiger partial charge in [-0.1, -0.05) is 13.0 Å². The van der Waals surface area contributed by atoms with E-state index in [2.05, 4.69) is 6.92 Å². The van der Waals surface area contributed by atoms with Gasteiger partial charge in [0.1, 0.15) is 5.75 Å². The van der Waals surface area contributed by atoms with Crippen LogP contribution in [0.3, 0.4) is 0 Å². The molecule has 0 aromatic heterocycles. The highest BCUT2D eigenvalue weighted by Crippen LogP contribution is 2.32. The number of benzene rings is 1. The monoisotopic (exact) mass is 295 g/mol. The second-order valence-corrected chi connectivity index (χ2v) is 6.11. The van der Waals surface area contributed by atoms with E-state index >= 15 is 0 Å². The summed E-state index contributed by atoms with van der Waals surface area (Å²) in [6, 6.07) is 7.41. The van der Waals surface area contributed by atoms with Crippen LogP contribution in [0.25, 0.3) is 0 Å². The first kappa shape index (κ1) is 15.2. The zero-order chi connectivity index (χ0) is 14.5. The minimum Gasteiger partial charge on any atom is -0.494 e. The Morgan fingerprint density at radius 3 is 2.85 bits per heavy atom. The third-order valence-electron chi connectivity index (χ3n) is 3.61. The topological polar surface area (TPSA) is 29.5 Å². The molecule has 3 nitrogen and oxygen atoms in total. The van der Waals surface area contributed by atoms with Gasteiger partial charge in [-0.15, -0.1) is 11.6 Å². The highest BCUT2D eigenvalue weighted by molar-refractivity contribution is 6.21. The van der Waals surface area contributed by atoms with Crippen molar-refractivity contribution in [2.75, 3.05) is 20.2 Å². The van der Waals surface area contributed by atoms with Gasteiger partial charge in [-0.3, -0.25) is 4.79 Å². The molecule has 1 aromatic rings. The van der Waals surface area contributed by atoms with E-state index in [1.807, 2.05) is 31.3 Å². The van der Waals surface area contributed by atoms with Crippen LogP contribution in [0.5, 0.6) is 5.75 Å². The van der Waals surface area contributed by atoms with Gasteiger partial charge < -0.3 is 9.64 Å². The van der Waals surface area contributed by atoms with Crippen LogP contribution < -0.4 is 4.74 Å². The number of amides is 1. The van der Waals surface area contributed by atoms with Crippen molar-refractivity contribution in [2.24, 2.45) is 5.92 Å². The molecule has 1 saturated carbocycles. The van der Waals surface area contributed by atoms with Gasteiger partial charge in [-0.2, -0.15) is 0 Å². The van der Waals surface area contributed by atoms with E-state index < -0.39 is 0 Å². The van der Waals surface area contributed by atoms with Crippen molar-refractivity contribution in [3.63, 3.8) is 0 Å². The van der Waals surface area contributed by atoms with Crippen LogP contribution in [-0.2, 0) is 0 Å². The second-order valence-electron chi connectivity index (χ2n) is 5.50. The Morgan fingerprint density at radius 1 is 1.45 bits per heavy atom. The summed E-state index contributed by atoms with van der Waals surface area (Å²) in [5.41, 5.74) is 0.683. The van der Waals surface area contributed by atoms with Gasteiger partial charge >= 0.3 is 0 Å². The van der Waals surface area contributed by atoms with Gasteiger partial charge in [0.25, 0.3) is 5.91 Å². The standard InChI is InChI=1S/C16H22ClNO2/c1-3-7-20-15-6-4-5-13(10-15)16(19)18(2)11-12-8-14(17)9-12/h4-6,10,12,14H,3,7-9,11H2,1-2H3. The molecule has 1 fully saturated rings. The van der Waals surface area contributed by atoms with Crippen LogP contribution >= 0.6 is 11.6 Å². The largest absolute Gasteiger partial charge is 0.494 e. The van der Waals surface area contributed by atoms with Gasteiger partial charge in [0, 0.05) is 24.5 Å². The van der Waals surface area contributed by atoms with Gasteiger partial charge in [0.05, 0.1) is 6.61 Å². The number of rotatable bonds is 6. The van der Waals surface area contributed by atoms with Gasteiger partial charge in [-0.25, -0.2) is 0 Å². The second kappa shape index (κ2) is 6.98. The Morgan fingerprint density at radius 2 is 2.20 bits per heavy atom. The lowest BCUT2D eigenvalue weighted by Crippen LogP contribution is -2.37. The van der Waals surface area contributed by atoms with E-state index in [1.165, 1.54) is 0 Å². The van der Waals surface area contributed by atoms with Crippen molar-refractivity contribution in [2.45, 2.75) is 31.6 Å². The van der Waals surface area contributed by atoms with Gasteiger partial charge in [-0.05, 0) is 43.4 Å². The Kier molecular flexibility index (Phi) is 5.30. The minimum absolute atomic E-state index is 0.0463. The van der Waals surface area contributed by atoms with Crippen molar-refractivity contribution < 1.29 is 9.53 Å². The Labute approximate surface area is 125 Å². The summed E-state index contributed by atoms with van der Waals surface area (Å²) in [5.74, 6) is 1.35. The summed E-state index contributed by atoms with van der Waals surface area (Å²) in [4.78, 5) is 14.1. The molecule has 0 bridgehead atoms. The molecule has 0 saturated heterocycles. The maximum atomic E-state index is 12.4. The van der Waals surface area contributed by atoms with E-state index in [9.17, 15) is 4.79 Å². The van der Waals surface area contributed by atoms with Crippen molar-refractivity contribution in [1.29, 1.82) is 0 Å². The first-order chi connectivity index (χ1) is 9.60. The summed E-state index contributed by atoms with van der Waals surface area (Å²) >= 11 is 5.97. The molecule has 1 aromatic carbocycles. The molecular formula is C16H22ClNO2. The Hall–Kier alpha value is -1.22. The summed E-state index contributed by atoms with van der Waals surface area (Å²) in [5, 5.41) is 0.300. The molecule has 1 amide bonds. The number of carbonyl (C=O) groups is 1. The Balaban J connectivity index is 1.93. The normalized spacial score (nSPS) is 21.1. The van der Waals surface area contributed by atoms with Crippen LogP contribution in [0.2, 0.25) is 0 Å². The summed E-state index contributed by atoms with van der Waals surface area (Å²) < 4.78 is 5.57. The van der Waals surface area contributed by atoms with Crippen LogP contribution in [0, 0.1) is 5.92 Å². The molecule has 0 N–H and O–H groups in total. The zero-order valence-corrected chi connectivity index (χ0v) is 12.9. The fourth-order valence-electron chi connectivity index (χ4n) is 2.43. The van der Waals surface area contributed by atoms with Crippen molar-refractivity contribution in [3.8, 4) is 5.75 Å². The summed E-state index contributed by atoms with van der Waals surface area (Å²) in [7, 11) is 1.85. The first-order valence-corrected chi connectivity index (χ1v) is 7.66. The van der Waals surface area contributed by atoms with Crippen LogP contribution in [0.4, 0.5) is 0 Å². The molecule has 2 rings (SSSR count). The third kappa shape index (κ3) is 3.89. The van der Waals surface area contributed by atoms with E-state index in [0.29, 0.717) is 23.5 Å². The molecule has 0 spiro atoms. The molecule has 0 heterocycles. The average Bonchev–Trinajstić information content (AvgIpc) is 2.42. The predicted octanol–water partition coefficient (Wildman–Crippen LogP) is 3.56. The maximum Gasteiger partial charge on any atom is 0.253 e. The van der Waals surface area contributed by atoms with E-state index in [-0.39, 0.29) is 5.91 Å². The molecule has 4 heteroatoms. The number of hydrogen-bond donors (Lipinski definition) is 0. The van der Waals surface area contributed by atoms with E-state index in [1.54, 1.807) is 4.90 Å². The molecule has 1 aliphatic rings. The number of alkyl halides is 1. The molecule has 110 valence electrons.